The summed E-state index contributed by atoms with van der Waals surface area (Å²) in [5.74, 6) is 2.17. The van der Waals surface area contributed by atoms with E-state index in [2.05, 4.69) is 40.1 Å². The van der Waals surface area contributed by atoms with E-state index in [9.17, 15) is 4.79 Å². The SMILES string of the molecule is CN(C)CCCn1ccnc1[C@H]1CCCN(C(=O)NCc2ccco2)C1. The summed E-state index contributed by atoms with van der Waals surface area (Å²) >= 11 is 0. The molecule has 26 heavy (non-hydrogen) atoms. The van der Waals surface area contributed by atoms with Crippen LogP contribution in [0.15, 0.2) is 35.2 Å². The minimum atomic E-state index is -0.0307. The van der Waals surface area contributed by atoms with Crippen molar-refractivity contribution in [2.24, 2.45) is 0 Å². The van der Waals surface area contributed by atoms with E-state index in [0.29, 0.717) is 19.0 Å². The lowest BCUT2D eigenvalue weighted by atomic mass is 9.97. The summed E-state index contributed by atoms with van der Waals surface area (Å²) in [5, 5.41) is 2.94. The lowest BCUT2D eigenvalue weighted by Crippen LogP contribution is -2.45. The lowest BCUT2D eigenvalue weighted by Gasteiger charge is -2.32. The van der Waals surface area contributed by atoms with Gasteiger partial charge in [-0.3, -0.25) is 0 Å². The van der Waals surface area contributed by atoms with Crippen molar-refractivity contribution in [3.05, 3.63) is 42.4 Å². The summed E-state index contributed by atoms with van der Waals surface area (Å²) in [4.78, 5) is 21.2. The molecule has 3 heterocycles. The highest BCUT2D eigenvalue weighted by Gasteiger charge is 2.27. The number of furan rings is 1. The third-order valence-corrected chi connectivity index (χ3v) is 4.82. The van der Waals surface area contributed by atoms with E-state index in [1.54, 1.807) is 6.26 Å². The minimum Gasteiger partial charge on any atom is -0.467 e. The third-order valence-electron chi connectivity index (χ3n) is 4.82. The van der Waals surface area contributed by atoms with Crippen LogP contribution in [-0.4, -0.2) is 59.1 Å². The summed E-state index contributed by atoms with van der Waals surface area (Å²) in [6.07, 6.45) is 8.73. The van der Waals surface area contributed by atoms with Crippen molar-refractivity contribution >= 4 is 6.03 Å². The maximum atomic E-state index is 12.5. The molecule has 2 amide bonds. The van der Waals surface area contributed by atoms with Crippen molar-refractivity contribution in [2.45, 2.75) is 38.3 Å². The molecule has 0 bridgehead atoms. The number of amides is 2. The Morgan fingerprint density at radius 2 is 2.35 bits per heavy atom. The van der Waals surface area contributed by atoms with Gasteiger partial charge in [0.1, 0.15) is 11.6 Å². The van der Waals surface area contributed by atoms with Crippen LogP contribution in [0, 0.1) is 0 Å². The first-order valence-corrected chi connectivity index (χ1v) is 9.34. The molecule has 142 valence electrons. The van der Waals surface area contributed by atoms with Crippen molar-refractivity contribution in [2.75, 3.05) is 33.7 Å². The number of piperidine rings is 1. The van der Waals surface area contributed by atoms with Gasteiger partial charge in [0.05, 0.1) is 12.8 Å². The molecular weight excluding hydrogens is 330 g/mol. The molecule has 2 aromatic rings. The monoisotopic (exact) mass is 359 g/mol. The Balaban J connectivity index is 1.54. The molecule has 0 saturated carbocycles. The van der Waals surface area contributed by atoms with E-state index in [1.165, 1.54) is 0 Å². The lowest BCUT2D eigenvalue weighted by molar-refractivity contribution is 0.176. The molecule has 0 aromatic carbocycles. The third kappa shape index (κ3) is 4.88. The molecule has 7 nitrogen and oxygen atoms in total. The number of urea groups is 1. The van der Waals surface area contributed by atoms with Gasteiger partial charge >= 0.3 is 6.03 Å². The Bertz CT molecular complexity index is 680. The number of hydrogen-bond donors (Lipinski definition) is 1. The number of rotatable bonds is 7. The van der Waals surface area contributed by atoms with Gasteiger partial charge in [-0.25, -0.2) is 9.78 Å². The van der Waals surface area contributed by atoms with Crippen LogP contribution < -0.4 is 5.32 Å². The Hall–Kier alpha value is -2.28. The average molecular weight is 359 g/mol. The Labute approximate surface area is 155 Å². The van der Waals surface area contributed by atoms with E-state index in [4.69, 9.17) is 4.42 Å². The normalized spacial score (nSPS) is 17.7. The van der Waals surface area contributed by atoms with E-state index < -0.39 is 0 Å². The molecule has 1 fully saturated rings. The fourth-order valence-electron chi connectivity index (χ4n) is 3.49. The Kier molecular flexibility index (Phi) is 6.33. The quantitative estimate of drug-likeness (QED) is 0.825. The van der Waals surface area contributed by atoms with Gasteiger partial charge in [0, 0.05) is 37.9 Å². The van der Waals surface area contributed by atoms with E-state index in [-0.39, 0.29) is 6.03 Å². The van der Waals surface area contributed by atoms with Crippen LogP contribution in [0.4, 0.5) is 4.79 Å². The van der Waals surface area contributed by atoms with Crippen molar-refractivity contribution in [3.63, 3.8) is 0 Å². The summed E-state index contributed by atoms with van der Waals surface area (Å²) in [5.41, 5.74) is 0. The smallest absolute Gasteiger partial charge is 0.317 e. The van der Waals surface area contributed by atoms with E-state index in [0.717, 1.165) is 50.5 Å². The summed E-state index contributed by atoms with van der Waals surface area (Å²) in [7, 11) is 4.18. The number of hydrogen-bond acceptors (Lipinski definition) is 4. The molecule has 0 spiro atoms. The van der Waals surface area contributed by atoms with Crippen LogP contribution in [0.2, 0.25) is 0 Å². The van der Waals surface area contributed by atoms with E-state index >= 15 is 0 Å². The van der Waals surface area contributed by atoms with Crippen LogP contribution in [0.5, 0.6) is 0 Å². The van der Waals surface area contributed by atoms with Gasteiger partial charge in [-0.2, -0.15) is 0 Å². The zero-order valence-corrected chi connectivity index (χ0v) is 15.7. The first kappa shape index (κ1) is 18.5. The van der Waals surface area contributed by atoms with Crippen molar-refractivity contribution in [1.29, 1.82) is 0 Å². The van der Waals surface area contributed by atoms with Crippen LogP contribution in [0.3, 0.4) is 0 Å². The summed E-state index contributed by atoms with van der Waals surface area (Å²) in [6, 6.07) is 3.66. The molecule has 1 N–H and O–H groups in total. The number of nitrogens with zero attached hydrogens (tertiary/aromatic N) is 4. The highest BCUT2D eigenvalue weighted by molar-refractivity contribution is 5.74. The molecule has 0 aliphatic carbocycles. The molecular formula is C19H29N5O2. The second kappa shape index (κ2) is 8.89. The molecule has 2 aromatic heterocycles. The van der Waals surface area contributed by atoms with Gasteiger partial charge in [0.15, 0.2) is 0 Å². The minimum absolute atomic E-state index is 0.0307. The maximum Gasteiger partial charge on any atom is 0.317 e. The molecule has 7 heteroatoms. The highest BCUT2D eigenvalue weighted by Crippen LogP contribution is 2.26. The van der Waals surface area contributed by atoms with Crippen LogP contribution in [0.25, 0.3) is 0 Å². The average Bonchev–Trinajstić information content (AvgIpc) is 3.31. The number of imidazole rings is 1. The maximum absolute atomic E-state index is 12.5. The van der Waals surface area contributed by atoms with Crippen LogP contribution in [-0.2, 0) is 13.1 Å². The number of carbonyl (C=O) groups is 1. The first-order chi connectivity index (χ1) is 12.6. The Morgan fingerprint density at radius 1 is 1.46 bits per heavy atom. The predicted octanol–water partition coefficient (Wildman–Crippen LogP) is 2.52. The van der Waals surface area contributed by atoms with Gasteiger partial charge in [-0.05, 0) is 52.0 Å². The van der Waals surface area contributed by atoms with Crippen LogP contribution >= 0.6 is 0 Å². The number of nitrogens with one attached hydrogen (secondary N) is 1. The van der Waals surface area contributed by atoms with Crippen LogP contribution in [0.1, 0.15) is 36.8 Å². The van der Waals surface area contributed by atoms with Crippen molar-refractivity contribution < 1.29 is 9.21 Å². The van der Waals surface area contributed by atoms with Crippen molar-refractivity contribution in [3.8, 4) is 0 Å². The molecule has 0 radical (unpaired) electrons. The summed E-state index contributed by atoms with van der Waals surface area (Å²) in [6.45, 7) is 3.96. The number of aromatic nitrogens is 2. The predicted molar refractivity (Wildman–Crippen MR) is 99.9 cm³/mol. The fraction of sp³-hybridized carbons (Fsp3) is 0.579. The second-order valence-electron chi connectivity index (χ2n) is 7.16. The van der Waals surface area contributed by atoms with Gasteiger partial charge in [-0.1, -0.05) is 0 Å². The summed E-state index contributed by atoms with van der Waals surface area (Å²) < 4.78 is 7.52. The molecule has 0 unspecified atom stereocenters. The zero-order valence-electron chi connectivity index (χ0n) is 15.7. The van der Waals surface area contributed by atoms with Gasteiger partial charge in [0.25, 0.3) is 0 Å². The standard InChI is InChI=1S/C19H29N5O2/c1-22(2)9-5-11-23-12-8-20-18(23)16-6-3-10-24(15-16)19(25)21-14-17-7-4-13-26-17/h4,7-8,12-13,16H,3,5-6,9-11,14-15H2,1-2H3,(H,21,25)/t16-/m0/s1. The highest BCUT2D eigenvalue weighted by atomic mass is 16.3. The molecule has 1 aliphatic rings. The number of carbonyl (C=O) groups excluding carboxylic acids is 1. The molecule has 3 rings (SSSR count). The number of likely N-dealkylation sites (tertiary alicyclic amines) is 1. The molecule has 1 saturated heterocycles. The molecule has 1 atom stereocenters. The number of aryl methyl sites for hydroxylation is 1. The Morgan fingerprint density at radius 3 is 3.12 bits per heavy atom. The fourth-order valence-corrected chi connectivity index (χ4v) is 3.49. The molecule has 1 aliphatic heterocycles. The first-order valence-electron chi connectivity index (χ1n) is 9.34. The van der Waals surface area contributed by atoms with E-state index in [1.807, 2.05) is 23.2 Å². The van der Waals surface area contributed by atoms with Gasteiger partial charge < -0.3 is 24.1 Å². The second-order valence-corrected chi connectivity index (χ2v) is 7.16. The van der Waals surface area contributed by atoms with Gasteiger partial charge in [-0.15, -0.1) is 0 Å². The zero-order chi connectivity index (χ0) is 18.4. The van der Waals surface area contributed by atoms with Gasteiger partial charge in [0.2, 0.25) is 0 Å². The largest absolute Gasteiger partial charge is 0.467 e. The van der Waals surface area contributed by atoms with Crippen molar-refractivity contribution in [1.82, 2.24) is 24.7 Å². The topological polar surface area (TPSA) is 66.5 Å².